The maximum Gasteiger partial charge on any atom is 0.402 e. The molecule has 0 radical (unpaired) electrons. The van der Waals surface area contributed by atoms with Crippen LogP contribution >= 0.6 is 7.60 Å². The molecule has 0 aromatic heterocycles. The van der Waals surface area contributed by atoms with Crippen molar-refractivity contribution in [3.05, 3.63) is 0 Å². The van der Waals surface area contributed by atoms with Crippen LogP contribution in [0.1, 0.15) is 6.42 Å². The zero-order valence-corrected chi connectivity index (χ0v) is 8.03. The van der Waals surface area contributed by atoms with Crippen molar-refractivity contribution in [2.24, 2.45) is 5.73 Å². The topological polar surface area (TPSA) is 138 Å². The molecule has 0 rings (SSSR count). The van der Waals surface area contributed by atoms with Crippen molar-refractivity contribution in [1.82, 2.24) is 0 Å². The van der Waals surface area contributed by atoms with Gasteiger partial charge >= 0.3 is 19.2 Å². The van der Waals surface area contributed by atoms with Crippen molar-refractivity contribution < 1.29 is 37.8 Å². The first-order valence-electron chi connectivity index (χ1n) is 3.45. The first-order chi connectivity index (χ1) is 6.50. The molecular weight excluding hydrogens is 239 g/mol. The van der Waals surface area contributed by atoms with Crippen LogP contribution in [0, 0.1) is 0 Å². The second-order valence-electron chi connectivity index (χ2n) is 2.66. The fraction of sp³-hybridized carbons (Fsp3) is 0.600. The van der Waals surface area contributed by atoms with E-state index in [0.717, 1.165) is 0 Å². The minimum Gasteiger partial charge on any atom is -0.480 e. The predicted molar refractivity (Wildman–Crippen MR) is 42.2 cm³/mol. The van der Waals surface area contributed by atoms with E-state index in [2.05, 4.69) is 0 Å². The van der Waals surface area contributed by atoms with E-state index >= 15 is 0 Å². The largest absolute Gasteiger partial charge is 0.480 e. The van der Waals surface area contributed by atoms with Gasteiger partial charge in [-0.3, -0.25) is 14.2 Å². The number of rotatable bonds is 5. The predicted octanol–water partition coefficient (Wildman–Crippen LogP) is -0.872. The third kappa shape index (κ3) is 3.31. The van der Waals surface area contributed by atoms with E-state index in [1.165, 1.54) is 0 Å². The van der Waals surface area contributed by atoms with Crippen LogP contribution in [-0.4, -0.2) is 38.4 Å². The van der Waals surface area contributed by atoms with E-state index in [-0.39, 0.29) is 0 Å². The third-order valence-corrected chi connectivity index (χ3v) is 2.40. The monoisotopic (exact) mass is 247 g/mol. The lowest BCUT2D eigenvalue weighted by Crippen LogP contribution is -2.38. The van der Waals surface area contributed by atoms with Crippen LogP contribution in [0.25, 0.3) is 0 Å². The SMILES string of the molecule is N[C@H](CC(=O)C(F)(F)P(=O)(O)O)C(=O)O. The normalized spacial score (nSPS) is 14.7. The van der Waals surface area contributed by atoms with Crippen LogP contribution in [0.5, 0.6) is 0 Å². The molecule has 10 heteroatoms. The van der Waals surface area contributed by atoms with Crippen molar-refractivity contribution in [1.29, 1.82) is 0 Å². The van der Waals surface area contributed by atoms with Gasteiger partial charge in [-0.1, -0.05) is 0 Å². The summed E-state index contributed by atoms with van der Waals surface area (Å²) in [5.74, 6) is -3.92. The van der Waals surface area contributed by atoms with Gasteiger partial charge in [0.1, 0.15) is 6.04 Å². The Morgan fingerprint density at radius 3 is 2.07 bits per heavy atom. The number of carbonyl (C=O) groups is 2. The van der Waals surface area contributed by atoms with Gasteiger partial charge in [-0.15, -0.1) is 0 Å². The summed E-state index contributed by atoms with van der Waals surface area (Å²) in [4.78, 5) is 37.0. The Morgan fingerprint density at radius 1 is 1.40 bits per heavy atom. The molecule has 0 unspecified atom stereocenters. The molecule has 0 aliphatic carbocycles. The van der Waals surface area contributed by atoms with Crippen LogP contribution in [0.3, 0.4) is 0 Å². The molecule has 0 aromatic rings. The van der Waals surface area contributed by atoms with E-state index in [9.17, 15) is 22.9 Å². The number of aliphatic carboxylic acids is 1. The van der Waals surface area contributed by atoms with Crippen molar-refractivity contribution >= 4 is 19.3 Å². The Morgan fingerprint density at radius 2 is 1.80 bits per heavy atom. The summed E-state index contributed by atoms with van der Waals surface area (Å²) < 4.78 is 35.4. The van der Waals surface area contributed by atoms with Gasteiger partial charge in [0.15, 0.2) is 0 Å². The summed E-state index contributed by atoms with van der Waals surface area (Å²) in [5, 5.41) is 8.18. The number of Topliss-reactive ketones (excluding diaryl/α,β-unsaturated/α-hetero) is 1. The smallest absolute Gasteiger partial charge is 0.402 e. The van der Waals surface area contributed by atoms with Gasteiger partial charge in [-0.25, -0.2) is 0 Å². The van der Waals surface area contributed by atoms with Gasteiger partial charge in [-0.2, -0.15) is 8.78 Å². The first-order valence-corrected chi connectivity index (χ1v) is 5.06. The van der Waals surface area contributed by atoms with Crippen molar-refractivity contribution in [2.75, 3.05) is 0 Å². The molecule has 0 fully saturated rings. The summed E-state index contributed by atoms with van der Waals surface area (Å²) >= 11 is 0. The second-order valence-corrected chi connectivity index (χ2v) is 4.31. The Balaban J connectivity index is 4.74. The first kappa shape index (κ1) is 14.1. The average Bonchev–Trinajstić information content (AvgIpc) is 2.01. The Hall–Kier alpha value is -0.890. The van der Waals surface area contributed by atoms with Gasteiger partial charge in [0.2, 0.25) is 5.78 Å². The van der Waals surface area contributed by atoms with Gasteiger partial charge in [0.05, 0.1) is 0 Å². The Kier molecular flexibility index (Phi) is 4.06. The van der Waals surface area contributed by atoms with E-state index in [1.54, 1.807) is 0 Å². The Bertz CT molecular complexity index is 325. The lowest BCUT2D eigenvalue weighted by Gasteiger charge is -2.16. The summed E-state index contributed by atoms with van der Waals surface area (Å²) in [7, 11) is -5.94. The fourth-order valence-corrected chi connectivity index (χ4v) is 0.988. The highest BCUT2D eigenvalue weighted by atomic mass is 31.2. The summed E-state index contributed by atoms with van der Waals surface area (Å²) in [6.45, 7) is 0. The molecule has 0 bridgehead atoms. The number of hydrogen-bond donors (Lipinski definition) is 4. The standard InChI is InChI=1S/C5H8F2NO6P/c6-5(7,15(12,13)14)3(9)1-2(8)4(10)11/h2H,1,8H2,(H,10,11)(H2,12,13,14)/t2-/m1/s1. The third-order valence-electron chi connectivity index (χ3n) is 1.42. The molecule has 0 aromatic carbocycles. The quantitative estimate of drug-likeness (QED) is 0.463. The summed E-state index contributed by atoms with van der Waals surface area (Å²) in [5.41, 5.74) is -0.152. The summed E-state index contributed by atoms with van der Waals surface area (Å²) in [6, 6.07) is -1.92. The number of carboxylic acid groups (broad SMARTS) is 1. The molecule has 0 saturated heterocycles. The number of halogens is 2. The van der Waals surface area contributed by atoms with Crippen LogP contribution in [0.4, 0.5) is 8.78 Å². The van der Waals surface area contributed by atoms with Crippen LogP contribution < -0.4 is 5.73 Å². The minimum atomic E-state index is -5.94. The molecule has 0 saturated carbocycles. The van der Waals surface area contributed by atoms with E-state index in [1.807, 2.05) is 0 Å². The zero-order chi connectivity index (χ0) is 12.4. The van der Waals surface area contributed by atoms with E-state index in [0.29, 0.717) is 0 Å². The van der Waals surface area contributed by atoms with E-state index in [4.69, 9.17) is 20.6 Å². The summed E-state index contributed by atoms with van der Waals surface area (Å²) in [6.07, 6.45) is -1.35. The molecule has 15 heavy (non-hydrogen) atoms. The number of ketones is 1. The lowest BCUT2D eigenvalue weighted by molar-refractivity contribution is -0.143. The maximum absolute atomic E-state index is 12.6. The van der Waals surface area contributed by atoms with Gasteiger partial charge in [0, 0.05) is 6.42 Å². The number of alkyl halides is 2. The molecule has 0 aliphatic heterocycles. The van der Waals surface area contributed by atoms with Crippen molar-refractivity contribution in [3.63, 3.8) is 0 Å². The van der Waals surface area contributed by atoms with Crippen molar-refractivity contribution in [2.45, 2.75) is 18.1 Å². The lowest BCUT2D eigenvalue weighted by atomic mass is 10.1. The number of carboxylic acids is 1. The number of nitrogens with two attached hydrogens (primary N) is 1. The molecule has 0 amide bonds. The highest BCUT2D eigenvalue weighted by Crippen LogP contribution is 2.53. The molecular formula is C5H8F2NO6P. The van der Waals surface area contributed by atoms with Gasteiger partial charge in [-0.05, 0) is 0 Å². The molecule has 0 heterocycles. The van der Waals surface area contributed by atoms with Gasteiger partial charge in [0.25, 0.3) is 0 Å². The molecule has 0 spiro atoms. The highest BCUT2D eigenvalue weighted by Gasteiger charge is 2.55. The minimum absolute atomic E-state index is 1.35. The maximum atomic E-state index is 12.6. The molecule has 0 aliphatic rings. The number of hydrogen-bond acceptors (Lipinski definition) is 4. The zero-order valence-electron chi connectivity index (χ0n) is 7.13. The fourth-order valence-electron chi connectivity index (χ4n) is 0.572. The second kappa shape index (κ2) is 4.31. The van der Waals surface area contributed by atoms with Crippen LogP contribution in [-0.2, 0) is 14.2 Å². The van der Waals surface area contributed by atoms with E-state index < -0.39 is 37.5 Å². The molecule has 7 nitrogen and oxygen atoms in total. The van der Waals surface area contributed by atoms with Crippen LogP contribution in [0.15, 0.2) is 0 Å². The highest BCUT2D eigenvalue weighted by molar-refractivity contribution is 7.54. The Labute approximate surface area is 82.0 Å². The molecule has 5 N–H and O–H groups in total. The van der Waals surface area contributed by atoms with Crippen molar-refractivity contribution in [3.8, 4) is 0 Å². The van der Waals surface area contributed by atoms with Gasteiger partial charge < -0.3 is 20.6 Å². The average molecular weight is 247 g/mol. The molecule has 88 valence electrons. The number of carbonyl (C=O) groups excluding carboxylic acids is 1. The van der Waals surface area contributed by atoms with Crippen LogP contribution in [0.2, 0.25) is 0 Å². The molecule has 1 atom stereocenters.